The first-order chi connectivity index (χ1) is 9.24. The molecule has 6 nitrogen and oxygen atoms in total. The van der Waals surface area contributed by atoms with E-state index in [9.17, 15) is 4.79 Å². The summed E-state index contributed by atoms with van der Waals surface area (Å²) < 4.78 is 5.26. The molecular weight excluding hydrogens is 258 g/mol. The van der Waals surface area contributed by atoms with E-state index in [-0.39, 0.29) is 18.2 Å². The second-order valence-corrected chi connectivity index (χ2v) is 6.44. The number of nitrogens with one attached hydrogen (secondary N) is 1. The van der Waals surface area contributed by atoms with Gasteiger partial charge in [0.25, 0.3) is 0 Å². The average Bonchev–Trinajstić information content (AvgIpc) is 2.40. The van der Waals surface area contributed by atoms with Crippen LogP contribution in [0.4, 0.5) is 0 Å². The molecule has 6 heteroatoms. The van der Waals surface area contributed by atoms with E-state index in [0.717, 1.165) is 12.8 Å². The van der Waals surface area contributed by atoms with Gasteiger partial charge in [0.2, 0.25) is 5.91 Å². The summed E-state index contributed by atoms with van der Waals surface area (Å²) in [5.74, 6) is 0.549. The topological polar surface area (TPSA) is 96.9 Å². The lowest BCUT2D eigenvalue weighted by atomic mass is 9.76. The molecule has 1 aliphatic rings. The van der Waals surface area contributed by atoms with Gasteiger partial charge in [0.1, 0.15) is 5.54 Å². The number of amides is 1. The Kier molecular flexibility index (Phi) is 5.39. The summed E-state index contributed by atoms with van der Waals surface area (Å²) in [6, 6.07) is 0. The van der Waals surface area contributed by atoms with Gasteiger partial charge in [0.15, 0.2) is 5.84 Å². The normalized spacial score (nSPS) is 28.2. The van der Waals surface area contributed by atoms with Crippen LogP contribution in [0.2, 0.25) is 0 Å². The van der Waals surface area contributed by atoms with E-state index in [4.69, 9.17) is 15.7 Å². The van der Waals surface area contributed by atoms with Gasteiger partial charge in [0, 0.05) is 7.11 Å². The zero-order valence-electron chi connectivity index (χ0n) is 12.9. The van der Waals surface area contributed by atoms with E-state index >= 15 is 0 Å². The van der Waals surface area contributed by atoms with Gasteiger partial charge in [-0.15, -0.1) is 0 Å². The number of hydrogen-bond donors (Lipinski definition) is 3. The molecule has 0 saturated heterocycles. The van der Waals surface area contributed by atoms with Gasteiger partial charge in [-0.3, -0.25) is 4.79 Å². The quantitative estimate of drug-likeness (QED) is 0.309. The molecule has 0 aliphatic heterocycles. The van der Waals surface area contributed by atoms with Crippen LogP contribution in [0.3, 0.4) is 0 Å². The van der Waals surface area contributed by atoms with Crippen LogP contribution in [0.5, 0.6) is 0 Å². The number of nitrogens with zero attached hydrogens (tertiary/aromatic N) is 1. The maximum Gasteiger partial charge on any atom is 0.223 e. The number of ether oxygens (including phenoxy) is 1. The Hall–Kier alpha value is -1.30. The molecule has 0 atom stereocenters. The molecule has 1 aliphatic carbocycles. The standard InChI is InChI=1S/C14H27N3O3/c1-10-5-7-14(8-6-10,12(15)17-19)16-11(18)9-13(2,3)20-4/h10,19H,5-9H2,1-4H3,(H2,15,17)(H,16,18). The first-order valence-electron chi connectivity index (χ1n) is 7.09. The van der Waals surface area contributed by atoms with Crippen molar-refractivity contribution in [2.75, 3.05) is 7.11 Å². The van der Waals surface area contributed by atoms with Crippen LogP contribution in [-0.2, 0) is 9.53 Å². The molecule has 20 heavy (non-hydrogen) atoms. The lowest BCUT2D eigenvalue weighted by Gasteiger charge is -2.39. The molecule has 4 N–H and O–H groups in total. The minimum absolute atomic E-state index is 0.0907. The minimum Gasteiger partial charge on any atom is -0.409 e. The monoisotopic (exact) mass is 285 g/mol. The third-order valence-corrected chi connectivity index (χ3v) is 4.24. The minimum atomic E-state index is -0.720. The fourth-order valence-corrected chi connectivity index (χ4v) is 2.57. The van der Waals surface area contributed by atoms with E-state index in [1.807, 2.05) is 13.8 Å². The summed E-state index contributed by atoms with van der Waals surface area (Å²) in [6.45, 7) is 5.88. The predicted molar refractivity (Wildman–Crippen MR) is 77.6 cm³/mol. The molecule has 0 unspecified atom stereocenters. The van der Waals surface area contributed by atoms with E-state index in [0.29, 0.717) is 18.8 Å². The van der Waals surface area contributed by atoms with Crippen molar-refractivity contribution in [2.45, 2.75) is 64.0 Å². The Morgan fingerprint density at radius 1 is 1.50 bits per heavy atom. The molecule has 0 radical (unpaired) electrons. The van der Waals surface area contributed by atoms with Crippen molar-refractivity contribution < 1.29 is 14.7 Å². The fraction of sp³-hybridized carbons (Fsp3) is 0.857. The van der Waals surface area contributed by atoms with Crippen LogP contribution >= 0.6 is 0 Å². The van der Waals surface area contributed by atoms with E-state index in [1.165, 1.54) is 0 Å². The van der Waals surface area contributed by atoms with E-state index in [1.54, 1.807) is 7.11 Å². The largest absolute Gasteiger partial charge is 0.409 e. The predicted octanol–water partition coefficient (Wildman–Crippen LogP) is 1.61. The first-order valence-corrected chi connectivity index (χ1v) is 7.09. The van der Waals surface area contributed by atoms with Crippen molar-refractivity contribution in [3.8, 4) is 0 Å². The highest BCUT2D eigenvalue weighted by molar-refractivity contribution is 5.94. The number of oxime groups is 1. The highest BCUT2D eigenvalue weighted by Gasteiger charge is 2.40. The number of carbonyl (C=O) groups is 1. The third kappa shape index (κ3) is 4.10. The summed E-state index contributed by atoms with van der Waals surface area (Å²) in [6.07, 6.45) is 3.53. The third-order valence-electron chi connectivity index (χ3n) is 4.24. The number of methoxy groups -OCH3 is 1. The summed E-state index contributed by atoms with van der Waals surface area (Å²) >= 11 is 0. The summed E-state index contributed by atoms with van der Waals surface area (Å²) in [5.41, 5.74) is 4.58. The van der Waals surface area contributed by atoms with Crippen molar-refractivity contribution in [1.29, 1.82) is 0 Å². The maximum absolute atomic E-state index is 12.2. The van der Waals surface area contributed by atoms with Gasteiger partial charge in [-0.25, -0.2) is 0 Å². The van der Waals surface area contributed by atoms with Gasteiger partial charge >= 0.3 is 0 Å². The number of rotatable bonds is 5. The number of amidine groups is 1. The smallest absolute Gasteiger partial charge is 0.223 e. The SMILES string of the molecule is COC(C)(C)CC(=O)NC1(C(N)=NO)CCC(C)CC1. The zero-order chi connectivity index (χ0) is 15.4. The van der Waals surface area contributed by atoms with Gasteiger partial charge in [0.05, 0.1) is 12.0 Å². The number of nitrogens with two attached hydrogens (primary N) is 1. The molecule has 0 aromatic carbocycles. The first kappa shape index (κ1) is 16.8. The highest BCUT2D eigenvalue weighted by Crippen LogP contribution is 2.32. The molecule has 0 aromatic heterocycles. The molecular formula is C14H27N3O3. The van der Waals surface area contributed by atoms with Crippen molar-refractivity contribution >= 4 is 11.7 Å². The lowest BCUT2D eigenvalue weighted by Crippen LogP contribution is -2.59. The lowest BCUT2D eigenvalue weighted by molar-refractivity contribution is -0.127. The molecule has 1 rings (SSSR count). The van der Waals surface area contributed by atoms with Crippen LogP contribution in [-0.4, -0.2) is 35.2 Å². The van der Waals surface area contributed by atoms with Crippen LogP contribution in [0.25, 0.3) is 0 Å². The second-order valence-electron chi connectivity index (χ2n) is 6.44. The summed E-state index contributed by atoms with van der Waals surface area (Å²) in [7, 11) is 1.58. The van der Waals surface area contributed by atoms with Crippen LogP contribution in [0, 0.1) is 5.92 Å². The number of carbonyl (C=O) groups excluding carboxylic acids is 1. The summed E-state index contributed by atoms with van der Waals surface area (Å²) in [4.78, 5) is 12.2. The second kappa shape index (κ2) is 6.43. The Morgan fingerprint density at radius 3 is 2.50 bits per heavy atom. The van der Waals surface area contributed by atoms with Gasteiger partial charge < -0.3 is 21.0 Å². The van der Waals surface area contributed by atoms with Crippen LogP contribution in [0.15, 0.2) is 5.16 Å². The van der Waals surface area contributed by atoms with Gasteiger partial charge in [-0.2, -0.15) is 0 Å². The van der Waals surface area contributed by atoms with Crippen molar-refractivity contribution in [1.82, 2.24) is 5.32 Å². The maximum atomic E-state index is 12.2. The Labute approximate surface area is 120 Å². The average molecular weight is 285 g/mol. The van der Waals surface area contributed by atoms with Crippen LogP contribution < -0.4 is 11.1 Å². The zero-order valence-corrected chi connectivity index (χ0v) is 12.9. The Morgan fingerprint density at radius 2 is 2.05 bits per heavy atom. The van der Waals surface area contributed by atoms with Gasteiger partial charge in [-0.05, 0) is 45.4 Å². The van der Waals surface area contributed by atoms with E-state index < -0.39 is 11.1 Å². The van der Waals surface area contributed by atoms with Crippen LogP contribution in [0.1, 0.15) is 52.9 Å². The molecule has 1 saturated carbocycles. The Balaban J connectivity index is 2.79. The molecule has 116 valence electrons. The Bertz CT molecular complexity index is 372. The van der Waals surface area contributed by atoms with Crippen molar-refractivity contribution in [3.05, 3.63) is 0 Å². The molecule has 0 heterocycles. The van der Waals surface area contributed by atoms with E-state index in [2.05, 4.69) is 17.4 Å². The summed E-state index contributed by atoms with van der Waals surface area (Å²) in [5, 5.41) is 15.1. The molecule has 0 spiro atoms. The van der Waals surface area contributed by atoms with Crippen molar-refractivity contribution in [2.24, 2.45) is 16.8 Å². The molecule has 1 fully saturated rings. The van der Waals surface area contributed by atoms with Gasteiger partial charge in [-0.1, -0.05) is 12.1 Å². The molecule has 0 bridgehead atoms. The fourth-order valence-electron chi connectivity index (χ4n) is 2.57. The van der Waals surface area contributed by atoms with Crippen molar-refractivity contribution in [3.63, 3.8) is 0 Å². The highest BCUT2D eigenvalue weighted by atomic mass is 16.5. The molecule has 0 aromatic rings. The molecule has 1 amide bonds. The number of hydrogen-bond acceptors (Lipinski definition) is 4.